The zero-order valence-electron chi connectivity index (χ0n) is 25.5. The van der Waals surface area contributed by atoms with Gasteiger partial charge in [-0.25, -0.2) is 0 Å². The highest BCUT2D eigenvalue weighted by Gasteiger charge is 2.23. The van der Waals surface area contributed by atoms with Crippen molar-refractivity contribution >= 4 is 39.5 Å². The summed E-state index contributed by atoms with van der Waals surface area (Å²) in [6, 6.07) is 33.0. The van der Waals surface area contributed by atoms with Crippen molar-refractivity contribution < 1.29 is 0 Å². The summed E-state index contributed by atoms with van der Waals surface area (Å²) < 4.78 is 0. The minimum atomic E-state index is 0.488. The average molecular weight is 571 g/mol. The van der Waals surface area contributed by atoms with Crippen LogP contribution in [0.25, 0.3) is 55.6 Å². The molecule has 0 fully saturated rings. The maximum absolute atomic E-state index is 7.33. The van der Waals surface area contributed by atoms with Gasteiger partial charge in [-0.1, -0.05) is 128 Å². The second kappa shape index (κ2) is 12.6. The molecule has 1 aliphatic carbocycles. The van der Waals surface area contributed by atoms with E-state index in [0.29, 0.717) is 12.3 Å². The predicted octanol–water partition coefficient (Wildman–Crippen LogP) is 10.9. The maximum Gasteiger partial charge on any atom is 0.0387 e. The molecule has 216 valence electrons. The van der Waals surface area contributed by atoms with E-state index in [1.807, 2.05) is 31.2 Å². The van der Waals surface area contributed by atoms with E-state index >= 15 is 0 Å². The van der Waals surface area contributed by atoms with Gasteiger partial charge in [0.25, 0.3) is 0 Å². The van der Waals surface area contributed by atoms with Crippen LogP contribution in [-0.2, 0) is 6.42 Å². The summed E-state index contributed by atoms with van der Waals surface area (Å²) in [5.41, 5.74) is 18.0. The summed E-state index contributed by atoms with van der Waals surface area (Å²) in [6.45, 7) is 8.27. The minimum absolute atomic E-state index is 0.488. The first kappa shape index (κ1) is 28.9. The van der Waals surface area contributed by atoms with E-state index in [0.717, 1.165) is 28.8 Å². The Morgan fingerprint density at radius 2 is 1.61 bits per heavy atom. The van der Waals surface area contributed by atoms with Gasteiger partial charge in [0, 0.05) is 11.9 Å². The third-order valence-corrected chi connectivity index (χ3v) is 8.46. The van der Waals surface area contributed by atoms with Crippen molar-refractivity contribution in [1.29, 1.82) is 5.41 Å². The van der Waals surface area contributed by atoms with Gasteiger partial charge in [-0.15, -0.1) is 0 Å². The average Bonchev–Trinajstić information content (AvgIpc) is 3.05. The van der Waals surface area contributed by atoms with E-state index in [4.69, 9.17) is 11.1 Å². The summed E-state index contributed by atoms with van der Waals surface area (Å²) in [4.78, 5) is 0. The van der Waals surface area contributed by atoms with E-state index < -0.39 is 0 Å². The molecule has 3 N–H and O–H groups in total. The number of rotatable bonds is 8. The Morgan fingerprint density at radius 1 is 0.886 bits per heavy atom. The van der Waals surface area contributed by atoms with Crippen LogP contribution in [0.15, 0.2) is 139 Å². The lowest BCUT2D eigenvalue weighted by molar-refractivity contribution is 0.719. The molecule has 1 unspecified atom stereocenters. The number of nitrogens with two attached hydrogens (primary N) is 1. The molecule has 0 radical (unpaired) electrons. The van der Waals surface area contributed by atoms with E-state index in [1.165, 1.54) is 61.1 Å². The Hall–Kier alpha value is -5.21. The number of hydrogen-bond donors (Lipinski definition) is 2. The third kappa shape index (κ3) is 5.85. The van der Waals surface area contributed by atoms with Crippen LogP contribution in [0.2, 0.25) is 0 Å². The van der Waals surface area contributed by atoms with Crippen molar-refractivity contribution in [2.24, 2.45) is 11.7 Å². The third-order valence-electron chi connectivity index (χ3n) is 8.46. The lowest BCUT2D eigenvalue weighted by Crippen LogP contribution is -2.08. The Balaban J connectivity index is 1.43. The summed E-state index contributed by atoms with van der Waals surface area (Å²) in [7, 11) is 0. The van der Waals surface area contributed by atoms with Gasteiger partial charge < -0.3 is 11.1 Å². The van der Waals surface area contributed by atoms with Crippen molar-refractivity contribution in [1.82, 2.24) is 0 Å². The van der Waals surface area contributed by atoms with Crippen LogP contribution in [0.4, 0.5) is 0 Å². The normalized spacial score (nSPS) is 15.2. The van der Waals surface area contributed by atoms with Crippen molar-refractivity contribution in [3.05, 3.63) is 156 Å². The Kier molecular flexibility index (Phi) is 8.25. The smallest absolute Gasteiger partial charge is 0.0387 e. The maximum atomic E-state index is 7.33. The minimum Gasteiger partial charge on any atom is -0.398 e. The van der Waals surface area contributed by atoms with Gasteiger partial charge in [-0.3, -0.25) is 0 Å². The molecule has 5 aromatic rings. The van der Waals surface area contributed by atoms with Crippen LogP contribution >= 0.6 is 0 Å². The molecule has 2 nitrogen and oxygen atoms in total. The molecule has 0 aromatic heterocycles. The molecule has 5 aromatic carbocycles. The van der Waals surface area contributed by atoms with Crippen molar-refractivity contribution in [2.45, 2.75) is 26.7 Å². The van der Waals surface area contributed by atoms with Crippen LogP contribution in [0.3, 0.4) is 0 Å². The molecule has 44 heavy (non-hydrogen) atoms. The molecular weight excluding hydrogens is 532 g/mol. The second-order valence-corrected chi connectivity index (χ2v) is 11.8. The van der Waals surface area contributed by atoms with Crippen molar-refractivity contribution in [2.75, 3.05) is 0 Å². The van der Waals surface area contributed by atoms with Crippen LogP contribution in [-0.4, -0.2) is 6.21 Å². The van der Waals surface area contributed by atoms with Gasteiger partial charge in [0.1, 0.15) is 0 Å². The second-order valence-electron chi connectivity index (χ2n) is 11.8. The highest BCUT2D eigenvalue weighted by atomic mass is 14.6. The highest BCUT2D eigenvalue weighted by molar-refractivity contribution is 6.10. The SMILES string of the molecule is C=C(/C=C(/C)C=N)C/C=C\C=C(/N)c1ccc2ccc(-c3c4c(c(-c5ccccc5)c5ccccc35)CC(C)C=C4)cc2c1. The number of nitrogens with one attached hydrogen (secondary N) is 1. The van der Waals surface area contributed by atoms with Crippen LogP contribution in [0.1, 0.15) is 37.0 Å². The number of benzene rings is 5. The van der Waals surface area contributed by atoms with Crippen molar-refractivity contribution in [3.63, 3.8) is 0 Å². The fourth-order valence-electron chi connectivity index (χ4n) is 6.30. The largest absolute Gasteiger partial charge is 0.398 e. The first-order chi connectivity index (χ1) is 21.4. The molecule has 1 atom stereocenters. The predicted molar refractivity (Wildman–Crippen MR) is 192 cm³/mol. The van der Waals surface area contributed by atoms with Crippen LogP contribution in [0, 0.1) is 11.3 Å². The molecule has 0 spiro atoms. The Bertz CT molecular complexity index is 2020. The molecule has 0 bridgehead atoms. The molecule has 2 heteroatoms. The fourth-order valence-corrected chi connectivity index (χ4v) is 6.30. The zero-order valence-corrected chi connectivity index (χ0v) is 25.5. The van der Waals surface area contributed by atoms with Crippen LogP contribution in [0.5, 0.6) is 0 Å². The summed E-state index contributed by atoms with van der Waals surface area (Å²) in [6.07, 6.45) is 15.7. The molecule has 6 rings (SSSR count). The number of hydrogen-bond acceptors (Lipinski definition) is 2. The van der Waals surface area contributed by atoms with E-state index in [-0.39, 0.29) is 0 Å². The van der Waals surface area contributed by atoms with Gasteiger partial charge in [0.05, 0.1) is 0 Å². The van der Waals surface area contributed by atoms with Gasteiger partial charge in [0.2, 0.25) is 0 Å². The van der Waals surface area contributed by atoms with E-state index in [1.54, 1.807) is 0 Å². The van der Waals surface area contributed by atoms with Gasteiger partial charge in [-0.05, 0) is 110 Å². The fraction of sp³-hybridized carbons (Fsp3) is 0.119. The van der Waals surface area contributed by atoms with Gasteiger partial charge in [0.15, 0.2) is 0 Å². The zero-order chi connectivity index (χ0) is 30.6. The summed E-state index contributed by atoms with van der Waals surface area (Å²) in [5, 5.41) is 12.3. The van der Waals surface area contributed by atoms with E-state index in [2.05, 4.69) is 117 Å². The standard InChI is InChI=1S/C42H38N2/c1-28(23-30(3)27-43)11-7-10-16-40(44)33-20-18-31-19-21-34(26-35(31)25-33)42-37-15-9-8-14-36(37)41(32-12-5-4-6-13-32)39-24-29(2)17-22-38(39)42/h4-10,12-23,25-27,29,43H,1,11,24,44H2,2-3H3/b10-7-,30-23-,40-16-,43-27?. The first-order valence-corrected chi connectivity index (χ1v) is 15.3. The molecule has 0 aliphatic heterocycles. The first-order valence-electron chi connectivity index (χ1n) is 15.3. The van der Waals surface area contributed by atoms with Gasteiger partial charge >= 0.3 is 0 Å². The highest BCUT2D eigenvalue weighted by Crippen LogP contribution is 2.45. The van der Waals surface area contributed by atoms with Gasteiger partial charge in [-0.2, -0.15) is 0 Å². The monoisotopic (exact) mass is 570 g/mol. The molecular formula is C42H38N2. The van der Waals surface area contributed by atoms with Crippen LogP contribution < -0.4 is 5.73 Å². The number of allylic oxidation sites excluding steroid dienone is 7. The Labute approximate surface area is 260 Å². The topological polar surface area (TPSA) is 49.9 Å². The molecule has 0 amide bonds. The summed E-state index contributed by atoms with van der Waals surface area (Å²) in [5.74, 6) is 0.488. The summed E-state index contributed by atoms with van der Waals surface area (Å²) >= 11 is 0. The van der Waals surface area contributed by atoms with E-state index in [9.17, 15) is 0 Å². The quantitative estimate of drug-likeness (QED) is 0.141. The van der Waals surface area contributed by atoms with Crippen molar-refractivity contribution in [3.8, 4) is 22.3 Å². The lowest BCUT2D eigenvalue weighted by atomic mass is 9.78. The molecule has 0 heterocycles. The molecule has 0 saturated heterocycles. The molecule has 1 aliphatic rings. The molecule has 0 saturated carbocycles. The lowest BCUT2D eigenvalue weighted by Gasteiger charge is -2.26. The number of fused-ring (bicyclic) bond motifs is 3. The Morgan fingerprint density at radius 3 is 2.39 bits per heavy atom.